The molecule has 0 atom stereocenters. The van der Waals surface area contributed by atoms with Crippen molar-refractivity contribution in [3.63, 3.8) is 0 Å². The zero-order valence-corrected chi connectivity index (χ0v) is 9.02. The van der Waals surface area contributed by atoms with Crippen molar-refractivity contribution in [1.82, 2.24) is 20.3 Å². The summed E-state index contributed by atoms with van der Waals surface area (Å²) >= 11 is 0. The highest BCUT2D eigenvalue weighted by atomic mass is 16.5. The van der Waals surface area contributed by atoms with Crippen LogP contribution >= 0.6 is 0 Å². The highest BCUT2D eigenvalue weighted by molar-refractivity contribution is 4.91. The molecule has 0 bridgehead atoms. The molecule has 6 heteroatoms. The molecule has 6 nitrogen and oxygen atoms in total. The molecule has 0 amide bonds. The number of aliphatic hydroxyl groups excluding tert-OH is 1. The lowest BCUT2D eigenvalue weighted by Crippen LogP contribution is -2.12. The highest BCUT2D eigenvalue weighted by Crippen LogP contribution is 1.92. The van der Waals surface area contributed by atoms with Gasteiger partial charge in [0.05, 0.1) is 32.1 Å². The number of nitrogens with zero attached hydrogens (tertiary/aromatic N) is 3. The van der Waals surface area contributed by atoms with E-state index in [1.54, 1.807) is 4.68 Å². The van der Waals surface area contributed by atoms with Crippen molar-refractivity contribution in [2.45, 2.75) is 20.0 Å². The molecular weight excluding hydrogens is 196 g/mol. The minimum absolute atomic E-state index is 0.0586. The molecule has 2 N–H and O–H groups in total. The fourth-order valence-corrected chi connectivity index (χ4v) is 1.11. The van der Waals surface area contributed by atoms with E-state index in [4.69, 9.17) is 9.84 Å². The molecule has 15 heavy (non-hydrogen) atoms. The van der Waals surface area contributed by atoms with Gasteiger partial charge in [-0.05, 0) is 6.54 Å². The SMILES string of the molecule is CCNCc1cn(CCOCCO)nn1. The predicted octanol–water partition coefficient (Wildman–Crippen LogP) is -0.603. The molecule has 1 aromatic rings. The van der Waals surface area contributed by atoms with E-state index in [-0.39, 0.29) is 6.61 Å². The van der Waals surface area contributed by atoms with Crippen molar-refractivity contribution in [1.29, 1.82) is 0 Å². The van der Waals surface area contributed by atoms with E-state index in [0.29, 0.717) is 19.8 Å². The van der Waals surface area contributed by atoms with Crippen LogP contribution in [0.1, 0.15) is 12.6 Å². The summed E-state index contributed by atoms with van der Waals surface area (Å²) in [5.41, 5.74) is 0.930. The Balaban J connectivity index is 2.20. The average molecular weight is 214 g/mol. The second kappa shape index (κ2) is 7.33. The number of hydrogen-bond acceptors (Lipinski definition) is 5. The van der Waals surface area contributed by atoms with Gasteiger partial charge in [-0.1, -0.05) is 12.1 Å². The Morgan fingerprint density at radius 1 is 1.53 bits per heavy atom. The van der Waals surface area contributed by atoms with Crippen LogP contribution in [-0.4, -0.2) is 46.5 Å². The van der Waals surface area contributed by atoms with E-state index in [1.165, 1.54) is 0 Å². The normalized spacial score (nSPS) is 10.8. The smallest absolute Gasteiger partial charge is 0.0964 e. The van der Waals surface area contributed by atoms with Crippen LogP contribution in [0.15, 0.2) is 6.20 Å². The quantitative estimate of drug-likeness (QED) is 0.565. The summed E-state index contributed by atoms with van der Waals surface area (Å²) in [6, 6.07) is 0. The molecule has 0 aliphatic heterocycles. The lowest BCUT2D eigenvalue weighted by Gasteiger charge is -2.00. The van der Waals surface area contributed by atoms with E-state index >= 15 is 0 Å². The summed E-state index contributed by atoms with van der Waals surface area (Å²) in [6.45, 7) is 5.36. The highest BCUT2D eigenvalue weighted by Gasteiger charge is 1.99. The molecule has 1 heterocycles. The van der Waals surface area contributed by atoms with Crippen LogP contribution < -0.4 is 5.32 Å². The first-order valence-corrected chi connectivity index (χ1v) is 5.15. The first-order valence-electron chi connectivity index (χ1n) is 5.15. The summed E-state index contributed by atoms with van der Waals surface area (Å²) in [4.78, 5) is 0. The van der Waals surface area contributed by atoms with Crippen LogP contribution in [0, 0.1) is 0 Å². The van der Waals surface area contributed by atoms with E-state index < -0.39 is 0 Å². The molecular formula is C9H18N4O2. The number of ether oxygens (including phenoxy) is 1. The van der Waals surface area contributed by atoms with Gasteiger partial charge in [-0.2, -0.15) is 0 Å². The van der Waals surface area contributed by atoms with Crippen molar-refractivity contribution in [2.24, 2.45) is 0 Å². The lowest BCUT2D eigenvalue weighted by molar-refractivity contribution is 0.0851. The molecule has 0 saturated carbocycles. The van der Waals surface area contributed by atoms with Gasteiger partial charge in [0, 0.05) is 12.7 Å². The Morgan fingerprint density at radius 2 is 2.40 bits per heavy atom. The minimum Gasteiger partial charge on any atom is -0.394 e. The number of nitrogens with one attached hydrogen (secondary N) is 1. The zero-order chi connectivity index (χ0) is 10.9. The van der Waals surface area contributed by atoms with Crippen LogP contribution in [0.4, 0.5) is 0 Å². The first kappa shape index (κ1) is 12.1. The molecule has 86 valence electrons. The largest absolute Gasteiger partial charge is 0.394 e. The maximum atomic E-state index is 8.50. The van der Waals surface area contributed by atoms with Crippen molar-refractivity contribution >= 4 is 0 Å². The van der Waals surface area contributed by atoms with Crippen LogP contribution in [0.3, 0.4) is 0 Å². The summed E-state index contributed by atoms with van der Waals surface area (Å²) in [6.07, 6.45) is 1.89. The molecule has 0 spiro atoms. The fraction of sp³-hybridized carbons (Fsp3) is 0.778. The Kier molecular flexibility index (Phi) is 5.91. The third-order valence-corrected chi connectivity index (χ3v) is 1.84. The van der Waals surface area contributed by atoms with Crippen molar-refractivity contribution < 1.29 is 9.84 Å². The number of aromatic nitrogens is 3. The molecule has 0 unspecified atom stereocenters. The Morgan fingerprint density at radius 3 is 3.13 bits per heavy atom. The van der Waals surface area contributed by atoms with E-state index in [0.717, 1.165) is 18.8 Å². The van der Waals surface area contributed by atoms with Gasteiger partial charge >= 0.3 is 0 Å². The van der Waals surface area contributed by atoms with Gasteiger partial charge in [0.15, 0.2) is 0 Å². The maximum absolute atomic E-state index is 8.50. The molecule has 0 saturated heterocycles. The topological polar surface area (TPSA) is 72.2 Å². The predicted molar refractivity (Wildman–Crippen MR) is 55.3 cm³/mol. The summed E-state index contributed by atoms with van der Waals surface area (Å²) in [5.74, 6) is 0. The van der Waals surface area contributed by atoms with Crippen molar-refractivity contribution in [2.75, 3.05) is 26.4 Å². The lowest BCUT2D eigenvalue weighted by atomic mass is 10.4. The third-order valence-electron chi connectivity index (χ3n) is 1.84. The van der Waals surface area contributed by atoms with Gasteiger partial charge in [-0.25, -0.2) is 4.68 Å². The molecule has 0 fully saturated rings. The number of aliphatic hydroxyl groups is 1. The maximum Gasteiger partial charge on any atom is 0.0964 e. The summed E-state index contributed by atoms with van der Waals surface area (Å²) < 4.78 is 6.86. The second-order valence-electron chi connectivity index (χ2n) is 3.09. The average Bonchev–Trinajstić information content (AvgIpc) is 2.69. The van der Waals surface area contributed by atoms with Crippen LogP contribution in [0.5, 0.6) is 0 Å². The van der Waals surface area contributed by atoms with E-state index in [1.807, 2.05) is 13.1 Å². The van der Waals surface area contributed by atoms with Gasteiger partial charge in [0.25, 0.3) is 0 Å². The summed E-state index contributed by atoms with van der Waals surface area (Å²) in [5, 5.41) is 19.6. The molecule has 0 aliphatic rings. The monoisotopic (exact) mass is 214 g/mol. The van der Waals surface area contributed by atoms with Gasteiger partial charge in [-0.3, -0.25) is 0 Å². The molecule has 0 radical (unpaired) electrons. The van der Waals surface area contributed by atoms with Crippen LogP contribution in [0.25, 0.3) is 0 Å². The summed E-state index contributed by atoms with van der Waals surface area (Å²) in [7, 11) is 0. The zero-order valence-electron chi connectivity index (χ0n) is 9.02. The van der Waals surface area contributed by atoms with Gasteiger partial charge in [0.2, 0.25) is 0 Å². The molecule has 0 aromatic carbocycles. The Labute approximate surface area is 89.2 Å². The van der Waals surface area contributed by atoms with E-state index in [2.05, 4.69) is 15.6 Å². The second-order valence-corrected chi connectivity index (χ2v) is 3.09. The van der Waals surface area contributed by atoms with Gasteiger partial charge in [0.1, 0.15) is 0 Å². The Hall–Kier alpha value is -0.980. The van der Waals surface area contributed by atoms with Crippen LogP contribution in [-0.2, 0) is 17.8 Å². The van der Waals surface area contributed by atoms with E-state index in [9.17, 15) is 0 Å². The van der Waals surface area contributed by atoms with Crippen molar-refractivity contribution in [3.05, 3.63) is 11.9 Å². The minimum atomic E-state index is 0.0586. The molecule has 1 aromatic heterocycles. The third kappa shape index (κ3) is 4.87. The fourth-order valence-electron chi connectivity index (χ4n) is 1.11. The number of rotatable bonds is 8. The molecule has 0 aliphatic carbocycles. The molecule has 1 rings (SSSR count). The van der Waals surface area contributed by atoms with Gasteiger partial charge in [-0.15, -0.1) is 5.10 Å². The van der Waals surface area contributed by atoms with Crippen LogP contribution in [0.2, 0.25) is 0 Å². The Bertz CT molecular complexity index is 264. The number of hydrogen-bond donors (Lipinski definition) is 2. The van der Waals surface area contributed by atoms with Gasteiger partial charge < -0.3 is 15.2 Å². The standard InChI is InChI=1S/C9H18N4O2/c1-2-10-7-9-8-13(12-11-9)3-5-15-6-4-14/h8,10,14H,2-7H2,1H3. The first-order chi connectivity index (χ1) is 7.36. The van der Waals surface area contributed by atoms with Crippen molar-refractivity contribution in [3.8, 4) is 0 Å².